The molecule has 0 aromatic heterocycles. The highest BCUT2D eigenvalue weighted by Crippen LogP contribution is 2.30. The monoisotopic (exact) mass is 309 g/mol. The van der Waals surface area contributed by atoms with Crippen molar-refractivity contribution >= 4 is 9.84 Å². The first-order valence-electron chi connectivity index (χ1n) is 7.74. The standard InChI is InChI=1S/C17H27NO2S/c1-17(2,3)11-16(15-7-5-4-6-8-15)18-12-14-9-10-21(19,20)13-14/h4-8,14,16,18H,9-13H2,1-3H3/t14-,16-/m1/s1. The number of nitrogens with one attached hydrogen (secondary N) is 1. The molecule has 1 aromatic rings. The molecule has 2 rings (SSSR count). The van der Waals surface area contributed by atoms with Crippen LogP contribution in [0.3, 0.4) is 0 Å². The Bertz CT molecular complexity index is 546. The molecular formula is C17H27NO2S. The van der Waals surface area contributed by atoms with Crippen LogP contribution in [0.15, 0.2) is 30.3 Å². The van der Waals surface area contributed by atoms with Gasteiger partial charge in [-0.3, -0.25) is 0 Å². The third-order valence-electron chi connectivity index (χ3n) is 4.00. The zero-order valence-corrected chi connectivity index (χ0v) is 14.1. The van der Waals surface area contributed by atoms with Gasteiger partial charge in [0.15, 0.2) is 9.84 Å². The number of sulfone groups is 1. The molecule has 118 valence electrons. The molecule has 1 N–H and O–H groups in total. The summed E-state index contributed by atoms with van der Waals surface area (Å²) in [5.74, 6) is 0.965. The highest BCUT2D eigenvalue weighted by Gasteiger charge is 2.29. The van der Waals surface area contributed by atoms with E-state index in [9.17, 15) is 8.42 Å². The molecule has 1 saturated heterocycles. The van der Waals surface area contributed by atoms with E-state index in [-0.39, 0.29) is 17.4 Å². The maximum atomic E-state index is 11.6. The first-order valence-corrected chi connectivity index (χ1v) is 9.56. The highest BCUT2D eigenvalue weighted by atomic mass is 32.2. The van der Waals surface area contributed by atoms with Crippen LogP contribution in [0.5, 0.6) is 0 Å². The Morgan fingerprint density at radius 2 is 1.90 bits per heavy atom. The molecule has 0 radical (unpaired) electrons. The quantitative estimate of drug-likeness (QED) is 0.908. The van der Waals surface area contributed by atoms with Crippen molar-refractivity contribution in [1.82, 2.24) is 5.32 Å². The van der Waals surface area contributed by atoms with Crippen molar-refractivity contribution < 1.29 is 8.42 Å². The van der Waals surface area contributed by atoms with Gasteiger partial charge >= 0.3 is 0 Å². The molecule has 1 fully saturated rings. The first-order chi connectivity index (χ1) is 9.75. The predicted molar refractivity (Wildman–Crippen MR) is 88.0 cm³/mol. The lowest BCUT2D eigenvalue weighted by atomic mass is 9.85. The minimum absolute atomic E-state index is 0.231. The summed E-state index contributed by atoms with van der Waals surface area (Å²) in [6.45, 7) is 7.51. The van der Waals surface area contributed by atoms with Crippen molar-refractivity contribution in [3.05, 3.63) is 35.9 Å². The van der Waals surface area contributed by atoms with Crippen LogP contribution in [0.1, 0.15) is 45.2 Å². The summed E-state index contributed by atoms with van der Waals surface area (Å²) in [6.07, 6.45) is 1.84. The number of rotatable bonds is 5. The Morgan fingerprint density at radius 1 is 1.24 bits per heavy atom. The molecule has 1 heterocycles. The third-order valence-corrected chi connectivity index (χ3v) is 5.84. The second-order valence-corrected chi connectivity index (χ2v) is 9.63. The van der Waals surface area contributed by atoms with Gasteiger partial charge in [0.05, 0.1) is 11.5 Å². The summed E-state index contributed by atoms with van der Waals surface area (Å²) in [6, 6.07) is 10.7. The Labute approximate surface area is 129 Å². The Hall–Kier alpha value is -0.870. The van der Waals surface area contributed by atoms with Crippen LogP contribution in [-0.4, -0.2) is 26.5 Å². The van der Waals surface area contributed by atoms with E-state index in [1.54, 1.807) is 0 Å². The van der Waals surface area contributed by atoms with Gasteiger partial charge in [-0.15, -0.1) is 0 Å². The molecule has 0 spiro atoms. The van der Waals surface area contributed by atoms with E-state index < -0.39 is 9.84 Å². The summed E-state index contributed by atoms with van der Waals surface area (Å²) < 4.78 is 23.1. The van der Waals surface area contributed by atoms with Crippen LogP contribution < -0.4 is 5.32 Å². The fraction of sp³-hybridized carbons (Fsp3) is 0.647. The lowest BCUT2D eigenvalue weighted by Gasteiger charge is -2.28. The van der Waals surface area contributed by atoms with Crippen molar-refractivity contribution in [2.45, 2.75) is 39.7 Å². The largest absolute Gasteiger partial charge is 0.310 e. The van der Waals surface area contributed by atoms with Crippen LogP contribution in [0.25, 0.3) is 0 Å². The summed E-state index contributed by atoms with van der Waals surface area (Å²) in [5.41, 5.74) is 1.52. The van der Waals surface area contributed by atoms with Gasteiger partial charge < -0.3 is 5.32 Å². The molecule has 1 aliphatic heterocycles. The van der Waals surface area contributed by atoms with Gasteiger partial charge in [0, 0.05) is 6.04 Å². The second kappa shape index (κ2) is 6.49. The van der Waals surface area contributed by atoms with Crippen LogP contribution in [0, 0.1) is 11.3 Å². The van der Waals surface area contributed by atoms with E-state index in [0.29, 0.717) is 11.5 Å². The van der Waals surface area contributed by atoms with Crippen molar-refractivity contribution in [3.63, 3.8) is 0 Å². The van der Waals surface area contributed by atoms with E-state index >= 15 is 0 Å². The zero-order chi connectivity index (χ0) is 15.5. The normalized spacial score (nSPS) is 23.1. The summed E-state index contributed by atoms with van der Waals surface area (Å²) in [5, 5.41) is 3.61. The van der Waals surface area contributed by atoms with Crippen molar-refractivity contribution in [2.24, 2.45) is 11.3 Å². The fourth-order valence-electron chi connectivity index (χ4n) is 2.95. The summed E-state index contributed by atoms with van der Waals surface area (Å²) in [7, 11) is -2.78. The summed E-state index contributed by atoms with van der Waals surface area (Å²) in [4.78, 5) is 0. The average molecular weight is 309 g/mol. The van der Waals surface area contributed by atoms with Gasteiger partial charge in [0.1, 0.15) is 0 Å². The molecule has 21 heavy (non-hydrogen) atoms. The van der Waals surface area contributed by atoms with Gasteiger partial charge in [-0.25, -0.2) is 8.42 Å². The molecule has 0 amide bonds. The molecule has 0 unspecified atom stereocenters. The maximum Gasteiger partial charge on any atom is 0.150 e. The van der Waals surface area contributed by atoms with Crippen LogP contribution >= 0.6 is 0 Å². The van der Waals surface area contributed by atoms with Crippen molar-refractivity contribution in [3.8, 4) is 0 Å². The minimum atomic E-state index is -2.78. The van der Waals surface area contributed by atoms with Crippen LogP contribution in [-0.2, 0) is 9.84 Å². The number of hydrogen-bond acceptors (Lipinski definition) is 3. The molecule has 1 aromatic carbocycles. The average Bonchev–Trinajstić information content (AvgIpc) is 2.74. The van der Waals surface area contributed by atoms with Gasteiger partial charge in [-0.1, -0.05) is 51.1 Å². The van der Waals surface area contributed by atoms with E-state index in [1.807, 2.05) is 6.07 Å². The SMILES string of the molecule is CC(C)(C)C[C@@H](NC[C@H]1CCS(=O)(=O)C1)c1ccccc1. The second-order valence-electron chi connectivity index (χ2n) is 7.41. The van der Waals surface area contributed by atoms with Gasteiger partial charge in [-0.2, -0.15) is 0 Å². The molecule has 4 heteroatoms. The van der Waals surface area contributed by atoms with E-state index in [4.69, 9.17) is 0 Å². The van der Waals surface area contributed by atoms with E-state index in [0.717, 1.165) is 19.4 Å². The van der Waals surface area contributed by atoms with Gasteiger partial charge in [-0.05, 0) is 36.3 Å². The van der Waals surface area contributed by atoms with Crippen LogP contribution in [0.2, 0.25) is 0 Å². The van der Waals surface area contributed by atoms with Crippen LogP contribution in [0.4, 0.5) is 0 Å². The number of hydrogen-bond donors (Lipinski definition) is 1. The molecule has 0 bridgehead atoms. The predicted octanol–water partition coefficient (Wildman–Crippen LogP) is 3.19. The molecule has 0 saturated carbocycles. The van der Waals surface area contributed by atoms with E-state index in [1.165, 1.54) is 5.56 Å². The van der Waals surface area contributed by atoms with Gasteiger partial charge in [0.2, 0.25) is 0 Å². The highest BCUT2D eigenvalue weighted by molar-refractivity contribution is 7.91. The molecule has 3 nitrogen and oxygen atoms in total. The van der Waals surface area contributed by atoms with Crippen molar-refractivity contribution in [2.75, 3.05) is 18.1 Å². The Morgan fingerprint density at radius 3 is 2.43 bits per heavy atom. The first kappa shape index (κ1) is 16.5. The van der Waals surface area contributed by atoms with E-state index in [2.05, 4.69) is 50.4 Å². The van der Waals surface area contributed by atoms with Gasteiger partial charge in [0.25, 0.3) is 0 Å². The molecule has 1 aliphatic rings. The topological polar surface area (TPSA) is 46.2 Å². The van der Waals surface area contributed by atoms with Crippen molar-refractivity contribution in [1.29, 1.82) is 0 Å². The summed E-state index contributed by atoms with van der Waals surface area (Å²) >= 11 is 0. The zero-order valence-electron chi connectivity index (χ0n) is 13.3. The Kier molecular flexibility index (Phi) is 5.10. The fourth-order valence-corrected chi connectivity index (χ4v) is 4.81. The smallest absolute Gasteiger partial charge is 0.150 e. The third kappa shape index (κ3) is 5.44. The Balaban J connectivity index is 2.00. The minimum Gasteiger partial charge on any atom is -0.310 e. The lowest BCUT2D eigenvalue weighted by Crippen LogP contribution is -2.30. The number of benzene rings is 1. The molecule has 2 atom stereocenters. The molecule has 0 aliphatic carbocycles. The molecular weight excluding hydrogens is 282 g/mol. The maximum absolute atomic E-state index is 11.6. The lowest BCUT2D eigenvalue weighted by molar-refractivity contribution is 0.303.